The molecule has 0 bridgehead atoms. The lowest BCUT2D eigenvalue weighted by Gasteiger charge is -2.21. The second-order valence-electron chi connectivity index (χ2n) is 7.03. The fourth-order valence-electron chi connectivity index (χ4n) is 3.54. The zero-order valence-corrected chi connectivity index (χ0v) is 16.0. The van der Waals surface area contributed by atoms with Gasteiger partial charge in [0.15, 0.2) is 0 Å². The Morgan fingerprint density at radius 3 is 2.42 bits per heavy atom. The Balaban J connectivity index is 1.80. The van der Waals surface area contributed by atoms with E-state index in [4.69, 9.17) is 11.6 Å². The molecule has 1 aliphatic rings. The molecular weight excluding hydrogens is 348 g/mol. The highest BCUT2D eigenvalue weighted by Crippen LogP contribution is 2.32. The lowest BCUT2D eigenvalue weighted by Crippen LogP contribution is -2.26. The maximum Gasteiger partial charge on any atom is 0.232 e. The summed E-state index contributed by atoms with van der Waals surface area (Å²) in [6, 6.07) is 13.2. The van der Waals surface area contributed by atoms with Crippen molar-refractivity contribution in [3.8, 4) is 0 Å². The standard InChI is InChI=1S/C21H23ClN2O2/c1-13(2)20(15-4-6-17(22)7-5-15)21(26)23-18-8-9-19-16(12-18)10-11-24(19)14(3)25/h4-9,12-13,20H,10-11H2,1-3H3,(H,23,26)/t20-/m1/s1. The van der Waals surface area contributed by atoms with Crippen molar-refractivity contribution >= 4 is 34.8 Å². The quantitative estimate of drug-likeness (QED) is 0.853. The number of nitrogens with one attached hydrogen (secondary N) is 1. The summed E-state index contributed by atoms with van der Waals surface area (Å²) in [7, 11) is 0. The van der Waals surface area contributed by atoms with E-state index in [1.165, 1.54) is 0 Å². The fraction of sp³-hybridized carbons (Fsp3) is 0.333. The molecule has 1 N–H and O–H groups in total. The molecule has 0 saturated carbocycles. The monoisotopic (exact) mass is 370 g/mol. The third kappa shape index (κ3) is 3.75. The molecule has 2 aromatic carbocycles. The van der Waals surface area contributed by atoms with Gasteiger partial charge >= 0.3 is 0 Å². The molecule has 1 atom stereocenters. The van der Waals surface area contributed by atoms with Crippen molar-refractivity contribution in [3.63, 3.8) is 0 Å². The van der Waals surface area contributed by atoms with Gasteiger partial charge in [0.25, 0.3) is 0 Å². The average Bonchev–Trinajstić information content (AvgIpc) is 3.00. The van der Waals surface area contributed by atoms with Gasteiger partial charge in [-0.1, -0.05) is 37.6 Å². The van der Waals surface area contributed by atoms with E-state index in [1.54, 1.807) is 11.8 Å². The van der Waals surface area contributed by atoms with E-state index in [0.29, 0.717) is 11.6 Å². The van der Waals surface area contributed by atoms with Crippen molar-refractivity contribution in [3.05, 3.63) is 58.6 Å². The highest BCUT2D eigenvalue weighted by atomic mass is 35.5. The van der Waals surface area contributed by atoms with Gasteiger partial charge in [0.05, 0.1) is 5.92 Å². The molecule has 1 heterocycles. The summed E-state index contributed by atoms with van der Waals surface area (Å²) in [5.74, 6) is -0.0973. The average molecular weight is 371 g/mol. The fourth-order valence-corrected chi connectivity index (χ4v) is 3.66. The highest BCUT2D eigenvalue weighted by Gasteiger charge is 2.26. The Bertz CT molecular complexity index is 830. The number of benzene rings is 2. The molecule has 0 spiro atoms. The van der Waals surface area contributed by atoms with Gasteiger partial charge < -0.3 is 10.2 Å². The van der Waals surface area contributed by atoms with Crippen molar-refractivity contribution in [2.45, 2.75) is 33.1 Å². The second-order valence-corrected chi connectivity index (χ2v) is 7.46. The summed E-state index contributed by atoms with van der Waals surface area (Å²) in [5, 5.41) is 3.69. The first-order chi connectivity index (χ1) is 12.4. The van der Waals surface area contributed by atoms with Gasteiger partial charge in [0.2, 0.25) is 11.8 Å². The van der Waals surface area contributed by atoms with Crippen LogP contribution in [-0.4, -0.2) is 18.4 Å². The lowest BCUT2D eigenvalue weighted by atomic mass is 9.87. The first-order valence-electron chi connectivity index (χ1n) is 8.84. The molecule has 2 amide bonds. The molecule has 0 radical (unpaired) electrons. The number of amides is 2. The number of nitrogens with zero attached hydrogens (tertiary/aromatic N) is 1. The van der Waals surface area contributed by atoms with Gasteiger partial charge in [0.1, 0.15) is 0 Å². The molecule has 2 aromatic rings. The van der Waals surface area contributed by atoms with Crippen LogP contribution in [0.3, 0.4) is 0 Å². The van der Waals surface area contributed by atoms with Crippen molar-refractivity contribution in [1.82, 2.24) is 0 Å². The van der Waals surface area contributed by atoms with Crippen LogP contribution in [0.2, 0.25) is 5.02 Å². The Morgan fingerprint density at radius 1 is 1.12 bits per heavy atom. The summed E-state index contributed by atoms with van der Waals surface area (Å²) >= 11 is 5.96. The molecule has 0 fully saturated rings. The summed E-state index contributed by atoms with van der Waals surface area (Å²) in [6.45, 7) is 6.34. The summed E-state index contributed by atoms with van der Waals surface area (Å²) in [6.07, 6.45) is 0.809. The van der Waals surface area contributed by atoms with Gasteiger partial charge in [0, 0.05) is 29.9 Å². The minimum absolute atomic E-state index is 0.0382. The van der Waals surface area contributed by atoms with E-state index in [-0.39, 0.29) is 23.7 Å². The zero-order chi connectivity index (χ0) is 18.8. The zero-order valence-electron chi connectivity index (χ0n) is 15.3. The predicted octanol–water partition coefficient (Wildman–Crippen LogP) is 4.63. The van der Waals surface area contributed by atoms with Crippen LogP contribution in [-0.2, 0) is 16.0 Å². The number of hydrogen-bond acceptors (Lipinski definition) is 2. The molecule has 0 aliphatic carbocycles. The lowest BCUT2D eigenvalue weighted by molar-refractivity contribution is -0.118. The maximum absolute atomic E-state index is 12.9. The van der Waals surface area contributed by atoms with E-state index in [9.17, 15) is 9.59 Å². The van der Waals surface area contributed by atoms with E-state index < -0.39 is 0 Å². The molecule has 1 aliphatic heterocycles. The molecule has 0 saturated heterocycles. The smallest absolute Gasteiger partial charge is 0.232 e. The number of halogens is 1. The number of rotatable bonds is 4. The number of anilines is 2. The summed E-state index contributed by atoms with van der Waals surface area (Å²) < 4.78 is 0. The highest BCUT2D eigenvalue weighted by molar-refractivity contribution is 6.30. The third-order valence-corrected chi connectivity index (χ3v) is 5.05. The number of hydrogen-bond donors (Lipinski definition) is 1. The van der Waals surface area contributed by atoms with Gasteiger partial charge in [-0.2, -0.15) is 0 Å². The molecule has 26 heavy (non-hydrogen) atoms. The van der Waals surface area contributed by atoms with Crippen LogP contribution in [0.15, 0.2) is 42.5 Å². The first-order valence-corrected chi connectivity index (χ1v) is 9.22. The van der Waals surface area contributed by atoms with Gasteiger partial charge in [-0.05, 0) is 53.8 Å². The minimum atomic E-state index is -0.255. The summed E-state index contributed by atoms with van der Waals surface area (Å²) in [4.78, 5) is 26.3. The van der Waals surface area contributed by atoms with E-state index >= 15 is 0 Å². The van der Waals surface area contributed by atoms with Crippen LogP contribution >= 0.6 is 11.6 Å². The normalized spacial score (nSPS) is 14.3. The van der Waals surface area contributed by atoms with E-state index in [2.05, 4.69) is 5.32 Å². The number of fused-ring (bicyclic) bond motifs is 1. The molecule has 136 valence electrons. The van der Waals surface area contributed by atoms with Crippen molar-refractivity contribution in [2.75, 3.05) is 16.8 Å². The Hall–Kier alpha value is -2.33. The maximum atomic E-state index is 12.9. The van der Waals surface area contributed by atoms with Crippen LogP contribution < -0.4 is 10.2 Å². The number of carbonyl (C=O) groups is 2. The van der Waals surface area contributed by atoms with Crippen molar-refractivity contribution in [2.24, 2.45) is 5.92 Å². The second kappa shape index (κ2) is 7.50. The summed E-state index contributed by atoms with van der Waals surface area (Å²) in [5.41, 5.74) is 3.74. The van der Waals surface area contributed by atoms with Gasteiger partial charge in [-0.3, -0.25) is 9.59 Å². The molecule has 5 heteroatoms. The van der Waals surface area contributed by atoms with Crippen molar-refractivity contribution in [1.29, 1.82) is 0 Å². The minimum Gasteiger partial charge on any atom is -0.326 e. The van der Waals surface area contributed by atoms with E-state index in [0.717, 1.165) is 28.9 Å². The van der Waals surface area contributed by atoms with Crippen LogP contribution in [0, 0.1) is 5.92 Å². The molecule has 0 aromatic heterocycles. The molecule has 4 nitrogen and oxygen atoms in total. The Labute approximate surface area is 159 Å². The van der Waals surface area contributed by atoms with Crippen LogP contribution in [0.4, 0.5) is 11.4 Å². The van der Waals surface area contributed by atoms with E-state index in [1.807, 2.05) is 56.3 Å². The largest absolute Gasteiger partial charge is 0.326 e. The van der Waals surface area contributed by atoms with Gasteiger partial charge in [-0.15, -0.1) is 0 Å². The van der Waals surface area contributed by atoms with Crippen LogP contribution in [0.5, 0.6) is 0 Å². The van der Waals surface area contributed by atoms with Crippen LogP contribution in [0.25, 0.3) is 0 Å². The Morgan fingerprint density at radius 2 is 1.81 bits per heavy atom. The van der Waals surface area contributed by atoms with Crippen LogP contribution in [0.1, 0.15) is 37.8 Å². The topological polar surface area (TPSA) is 49.4 Å². The van der Waals surface area contributed by atoms with Crippen molar-refractivity contribution < 1.29 is 9.59 Å². The number of carbonyl (C=O) groups excluding carboxylic acids is 2. The third-order valence-electron chi connectivity index (χ3n) is 4.80. The first kappa shape index (κ1) is 18.5. The molecule has 0 unspecified atom stereocenters. The Kier molecular flexibility index (Phi) is 5.33. The molecular formula is C21H23ClN2O2. The SMILES string of the molecule is CC(=O)N1CCc2cc(NC(=O)[C@@H](c3ccc(Cl)cc3)C(C)C)ccc21. The predicted molar refractivity (Wildman–Crippen MR) is 106 cm³/mol. The molecule has 3 rings (SSSR count). The van der Waals surface area contributed by atoms with Gasteiger partial charge in [-0.25, -0.2) is 0 Å².